The zero-order valence-electron chi connectivity index (χ0n) is 18.0. The number of benzene rings is 1. The molecule has 3 N–H and O–H groups in total. The number of pyridine rings is 1. The highest BCUT2D eigenvalue weighted by molar-refractivity contribution is 7.21. The summed E-state index contributed by atoms with van der Waals surface area (Å²) >= 11 is 0.893. The van der Waals surface area contributed by atoms with Gasteiger partial charge in [-0.15, -0.1) is 11.3 Å². The number of primary amides is 1. The van der Waals surface area contributed by atoms with Crippen LogP contribution in [0, 0.1) is 0 Å². The van der Waals surface area contributed by atoms with E-state index in [0.717, 1.165) is 29.7 Å². The van der Waals surface area contributed by atoms with Gasteiger partial charge in [-0.1, -0.05) is 5.16 Å². The molecule has 3 heterocycles. The first kappa shape index (κ1) is 22.2. The van der Waals surface area contributed by atoms with E-state index in [1.165, 1.54) is 6.07 Å². The molecule has 0 spiro atoms. The van der Waals surface area contributed by atoms with Crippen molar-refractivity contribution in [2.75, 3.05) is 12.4 Å². The smallest absolute Gasteiger partial charge is 0.280 e. The molecule has 1 unspecified atom stereocenters. The second-order valence-electron chi connectivity index (χ2n) is 8.12. The number of nitrogens with two attached hydrogens (primary N) is 1. The maximum Gasteiger partial charge on any atom is 0.280 e. The Morgan fingerprint density at radius 3 is 2.62 bits per heavy atom. The van der Waals surface area contributed by atoms with Crippen molar-refractivity contribution in [2.24, 2.45) is 10.9 Å². The molecule has 1 atom stereocenters. The molecule has 34 heavy (non-hydrogen) atoms. The number of carbonyl (C=O) groups excluding carboxylic acids is 2. The van der Waals surface area contributed by atoms with Gasteiger partial charge in [0.05, 0.1) is 18.5 Å². The predicted octanol–water partition coefficient (Wildman–Crippen LogP) is 4.35. The van der Waals surface area contributed by atoms with Gasteiger partial charge in [0.2, 0.25) is 6.10 Å². The average molecular weight is 487 g/mol. The molecule has 2 aromatic heterocycles. The minimum Gasteiger partial charge on any atom is -0.497 e. The van der Waals surface area contributed by atoms with Crippen LogP contribution in [0.1, 0.15) is 58.1 Å². The van der Waals surface area contributed by atoms with E-state index >= 15 is 0 Å². The number of amides is 2. The first-order valence-electron chi connectivity index (χ1n) is 10.6. The Bertz CT molecular complexity index is 1320. The van der Waals surface area contributed by atoms with Gasteiger partial charge in [-0.25, -0.2) is 13.8 Å². The molecule has 1 aromatic carbocycles. The number of fused-ring (bicyclic) bond motifs is 1. The Morgan fingerprint density at radius 1 is 1.26 bits per heavy atom. The summed E-state index contributed by atoms with van der Waals surface area (Å²) in [6.45, 7) is 0. The number of thiophene rings is 1. The molecule has 0 radical (unpaired) electrons. The number of aromatic nitrogens is 1. The highest BCUT2D eigenvalue weighted by Crippen LogP contribution is 2.48. The molecule has 176 valence electrons. The van der Waals surface area contributed by atoms with Crippen molar-refractivity contribution >= 4 is 44.8 Å². The van der Waals surface area contributed by atoms with Crippen LogP contribution in [0.4, 0.5) is 14.5 Å². The van der Waals surface area contributed by atoms with Gasteiger partial charge >= 0.3 is 0 Å². The monoisotopic (exact) mass is 486 g/mol. The number of nitrogens with one attached hydrogen (secondary N) is 1. The van der Waals surface area contributed by atoms with Gasteiger partial charge in [0, 0.05) is 11.8 Å². The molecule has 5 rings (SSSR count). The molecule has 3 aromatic rings. The fraction of sp³-hybridized carbons (Fsp3) is 0.304. The molecule has 11 heteroatoms. The Balaban J connectivity index is 1.43. The molecule has 1 fully saturated rings. The van der Waals surface area contributed by atoms with Crippen LogP contribution in [-0.4, -0.2) is 35.7 Å². The molecular weight excluding hydrogens is 466 g/mol. The third kappa shape index (κ3) is 4.07. The molecular formula is C23H20F2N4O4S. The Morgan fingerprint density at radius 2 is 2.00 bits per heavy atom. The van der Waals surface area contributed by atoms with Crippen molar-refractivity contribution in [1.82, 2.24) is 4.98 Å². The number of anilines is 1. The Labute approximate surface area is 196 Å². The number of carbonyl (C=O) groups is 2. The largest absolute Gasteiger partial charge is 0.497 e. The van der Waals surface area contributed by atoms with Crippen LogP contribution in [0.15, 0.2) is 35.5 Å². The van der Waals surface area contributed by atoms with E-state index in [9.17, 15) is 18.4 Å². The van der Waals surface area contributed by atoms with Gasteiger partial charge in [0.15, 0.2) is 0 Å². The van der Waals surface area contributed by atoms with Crippen LogP contribution in [0.3, 0.4) is 0 Å². The third-order valence-corrected chi connectivity index (χ3v) is 6.91. The minimum atomic E-state index is -2.75. The summed E-state index contributed by atoms with van der Waals surface area (Å²) in [6.07, 6.45) is -1.79. The maximum atomic E-state index is 13.4. The van der Waals surface area contributed by atoms with E-state index < -0.39 is 24.3 Å². The SMILES string of the molecule is COc1ccc(C2=NOC(C(=O)Nc3c(C(N)=O)sc4nc(C(F)F)cc(C5CC5)c34)C2)cc1. The van der Waals surface area contributed by atoms with Crippen LogP contribution in [0.2, 0.25) is 0 Å². The van der Waals surface area contributed by atoms with Crippen molar-refractivity contribution in [3.8, 4) is 5.75 Å². The van der Waals surface area contributed by atoms with E-state index in [-0.39, 0.29) is 33.4 Å². The number of halogens is 2. The predicted molar refractivity (Wildman–Crippen MR) is 123 cm³/mol. The topological polar surface area (TPSA) is 116 Å². The molecule has 8 nitrogen and oxygen atoms in total. The summed E-state index contributed by atoms with van der Waals surface area (Å²) in [4.78, 5) is 34.9. The Hall–Kier alpha value is -3.60. The zero-order valence-corrected chi connectivity index (χ0v) is 18.8. The molecule has 2 aliphatic rings. The van der Waals surface area contributed by atoms with Crippen molar-refractivity contribution in [3.63, 3.8) is 0 Å². The quantitative estimate of drug-likeness (QED) is 0.515. The van der Waals surface area contributed by atoms with E-state index in [1.54, 1.807) is 19.2 Å². The summed E-state index contributed by atoms with van der Waals surface area (Å²) in [6, 6.07) is 8.54. The maximum absolute atomic E-state index is 13.4. The van der Waals surface area contributed by atoms with E-state index in [2.05, 4.69) is 15.5 Å². The molecule has 2 amide bonds. The van der Waals surface area contributed by atoms with Crippen LogP contribution in [-0.2, 0) is 9.63 Å². The number of hydrogen-bond acceptors (Lipinski definition) is 7. The van der Waals surface area contributed by atoms with Crippen LogP contribution < -0.4 is 15.8 Å². The average Bonchev–Trinajstić information content (AvgIpc) is 3.43. The summed E-state index contributed by atoms with van der Waals surface area (Å²) in [5, 5.41) is 7.25. The lowest BCUT2D eigenvalue weighted by atomic mass is 10.0. The standard InChI is InChI=1S/C23H20F2N4O4S/c1-32-12-6-4-11(5-7-12)14-9-16(33-29-14)22(31)28-18-17-13(10-2-3-10)8-15(20(24)25)27-23(17)34-19(18)21(26)30/h4-8,10,16,20H,2-3,9H2,1H3,(H2,26,30)(H,28,31). The number of ether oxygens (including phenoxy) is 1. The first-order valence-corrected chi connectivity index (χ1v) is 11.4. The highest BCUT2D eigenvalue weighted by atomic mass is 32.1. The molecule has 1 saturated carbocycles. The number of methoxy groups -OCH3 is 1. The second-order valence-corrected chi connectivity index (χ2v) is 9.11. The lowest BCUT2D eigenvalue weighted by Crippen LogP contribution is -2.29. The Kier molecular flexibility index (Phi) is 5.64. The van der Waals surface area contributed by atoms with Gasteiger partial charge in [-0.2, -0.15) is 0 Å². The second kappa shape index (κ2) is 8.64. The van der Waals surface area contributed by atoms with E-state index in [1.807, 2.05) is 12.1 Å². The third-order valence-electron chi connectivity index (χ3n) is 5.81. The minimum absolute atomic E-state index is 0.0541. The summed E-state index contributed by atoms with van der Waals surface area (Å²) in [5.74, 6) is -0.534. The fourth-order valence-electron chi connectivity index (χ4n) is 3.94. The highest BCUT2D eigenvalue weighted by Gasteiger charge is 2.34. The van der Waals surface area contributed by atoms with Crippen LogP contribution in [0.25, 0.3) is 10.2 Å². The number of nitrogens with zero attached hydrogens (tertiary/aromatic N) is 2. The lowest BCUT2D eigenvalue weighted by Gasteiger charge is -2.12. The summed E-state index contributed by atoms with van der Waals surface area (Å²) < 4.78 is 32.0. The van der Waals surface area contributed by atoms with Crippen molar-refractivity contribution in [2.45, 2.75) is 37.7 Å². The number of alkyl halides is 2. The normalized spacial score (nSPS) is 17.5. The van der Waals surface area contributed by atoms with Gasteiger partial charge in [-0.3, -0.25) is 9.59 Å². The molecule has 1 aliphatic heterocycles. The van der Waals surface area contributed by atoms with Crippen LogP contribution >= 0.6 is 11.3 Å². The van der Waals surface area contributed by atoms with Gasteiger partial charge in [-0.05, 0) is 60.2 Å². The zero-order chi connectivity index (χ0) is 24.0. The van der Waals surface area contributed by atoms with Crippen molar-refractivity contribution < 1.29 is 27.9 Å². The number of rotatable bonds is 7. The van der Waals surface area contributed by atoms with Gasteiger partial charge in [0.1, 0.15) is 21.2 Å². The van der Waals surface area contributed by atoms with Crippen molar-refractivity contribution in [3.05, 3.63) is 52.0 Å². The van der Waals surface area contributed by atoms with E-state index in [4.69, 9.17) is 15.3 Å². The fourth-order valence-corrected chi connectivity index (χ4v) is 4.97. The molecule has 0 bridgehead atoms. The first-order chi connectivity index (χ1) is 16.4. The van der Waals surface area contributed by atoms with Gasteiger partial charge in [0.25, 0.3) is 18.2 Å². The summed E-state index contributed by atoms with van der Waals surface area (Å²) in [7, 11) is 1.57. The van der Waals surface area contributed by atoms with Crippen LogP contribution in [0.5, 0.6) is 5.75 Å². The molecule has 0 saturated heterocycles. The number of oxime groups is 1. The summed E-state index contributed by atoms with van der Waals surface area (Å²) in [5.41, 5.74) is 7.40. The molecule has 1 aliphatic carbocycles. The lowest BCUT2D eigenvalue weighted by molar-refractivity contribution is -0.125. The number of hydrogen-bond donors (Lipinski definition) is 2. The van der Waals surface area contributed by atoms with Crippen molar-refractivity contribution in [1.29, 1.82) is 0 Å². The van der Waals surface area contributed by atoms with E-state index in [0.29, 0.717) is 22.4 Å². The van der Waals surface area contributed by atoms with Gasteiger partial charge < -0.3 is 20.6 Å².